The summed E-state index contributed by atoms with van der Waals surface area (Å²) in [5.74, 6) is 0.230. The van der Waals surface area contributed by atoms with E-state index in [4.69, 9.17) is 0 Å². The molecule has 1 aromatic rings. The molecule has 1 aliphatic rings. The second-order valence-corrected chi connectivity index (χ2v) is 4.95. The standard InChI is InChI=1S/C14H18F2N2O2.ClH/c1-9-8-17-7-6-12(9)18-13(19)10-2-4-11(5-3-10)20-14(15)16;/h2-5,9,12,14,17H,6-8H2,1H3,(H,18,19);1H. The van der Waals surface area contributed by atoms with Crippen molar-refractivity contribution in [2.45, 2.75) is 26.0 Å². The van der Waals surface area contributed by atoms with Crippen LogP contribution >= 0.6 is 12.4 Å². The monoisotopic (exact) mass is 320 g/mol. The Balaban J connectivity index is 0.00000220. The lowest BCUT2D eigenvalue weighted by Crippen LogP contribution is -2.48. The molecule has 0 spiro atoms. The topological polar surface area (TPSA) is 50.4 Å². The number of nitrogens with one attached hydrogen (secondary N) is 2. The van der Waals surface area contributed by atoms with E-state index in [1.54, 1.807) is 0 Å². The third-order valence-electron chi connectivity index (χ3n) is 3.44. The molecule has 2 unspecified atom stereocenters. The Bertz CT molecular complexity index is 457. The van der Waals surface area contributed by atoms with Crippen molar-refractivity contribution < 1.29 is 18.3 Å². The fourth-order valence-corrected chi connectivity index (χ4v) is 2.27. The van der Waals surface area contributed by atoms with E-state index < -0.39 is 6.61 Å². The molecular formula is C14H19ClF2N2O2. The highest BCUT2D eigenvalue weighted by atomic mass is 35.5. The number of hydrogen-bond acceptors (Lipinski definition) is 3. The zero-order valence-electron chi connectivity index (χ0n) is 11.6. The Labute approximate surface area is 128 Å². The molecule has 2 atom stereocenters. The maximum absolute atomic E-state index is 12.1. The van der Waals surface area contributed by atoms with Gasteiger partial charge < -0.3 is 15.4 Å². The number of benzene rings is 1. The molecule has 1 fully saturated rings. The summed E-state index contributed by atoms with van der Waals surface area (Å²) >= 11 is 0. The summed E-state index contributed by atoms with van der Waals surface area (Å²) in [4.78, 5) is 12.1. The molecule has 0 aliphatic carbocycles. The van der Waals surface area contributed by atoms with Gasteiger partial charge in [0.2, 0.25) is 0 Å². The second-order valence-electron chi connectivity index (χ2n) is 4.95. The maximum Gasteiger partial charge on any atom is 0.387 e. The molecule has 1 heterocycles. The van der Waals surface area contributed by atoms with Crippen molar-refractivity contribution in [1.29, 1.82) is 0 Å². The summed E-state index contributed by atoms with van der Waals surface area (Å²) in [5.41, 5.74) is 0.442. The van der Waals surface area contributed by atoms with Gasteiger partial charge >= 0.3 is 6.61 Å². The Morgan fingerprint density at radius 1 is 1.38 bits per heavy atom. The van der Waals surface area contributed by atoms with E-state index in [-0.39, 0.29) is 30.1 Å². The molecule has 1 aromatic carbocycles. The van der Waals surface area contributed by atoms with Crippen LogP contribution in [0.4, 0.5) is 8.78 Å². The highest BCUT2D eigenvalue weighted by Gasteiger charge is 2.23. The molecule has 0 radical (unpaired) electrons. The highest BCUT2D eigenvalue weighted by molar-refractivity contribution is 5.94. The summed E-state index contributed by atoms with van der Waals surface area (Å²) in [5, 5.41) is 6.24. The number of hydrogen-bond donors (Lipinski definition) is 2. The quantitative estimate of drug-likeness (QED) is 0.896. The minimum absolute atomic E-state index is 0. The van der Waals surface area contributed by atoms with Gasteiger partial charge in [-0.1, -0.05) is 6.92 Å². The van der Waals surface area contributed by atoms with E-state index in [0.29, 0.717) is 11.5 Å². The first kappa shape index (κ1) is 17.7. The van der Waals surface area contributed by atoms with Crippen LogP contribution in [0.5, 0.6) is 5.75 Å². The summed E-state index contributed by atoms with van der Waals surface area (Å²) in [7, 11) is 0. The van der Waals surface area contributed by atoms with E-state index in [2.05, 4.69) is 22.3 Å². The number of halogens is 3. The molecule has 21 heavy (non-hydrogen) atoms. The van der Waals surface area contributed by atoms with Crippen LogP contribution < -0.4 is 15.4 Å². The molecule has 0 aromatic heterocycles. The predicted octanol–water partition coefficient (Wildman–Crippen LogP) is 2.44. The van der Waals surface area contributed by atoms with Crippen LogP contribution in [0.2, 0.25) is 0 Å². The average molecular weight is 321 g/mol. The van der Waals surface area contributed by atoms with E-state index in [1.165, 1.54) is 24.3 Å². The van der Waals surface area contributed by atoms with Gasteiger partial charge in [0.25, 0.3) is 5.91 Å². The fraction of sp³-hybridized carbons (Fsp3) is 0.500. The Hall–Kier alpha value is -1.40. The van der Waals surface area contributed by atoms with Crippen molar-refractivity contribution >= 4 is 18.3 Å². The Morgan fingerprint density at radius 2 is 2.05 bits per heavy atom. The van der Waals surface area contributed by atoms with Crippen molar-refractivity contribution in [1.82, 2.24) is 10.6 Å². The van der Waals surface area contributed by atoms with E-state index in [1.807, 2.05) is 0 Å². The molecule has 118 valence electrons. The van der Waals surface area contributed by atoms with Crippen LogP contribution in [0.1, 0.15) is 23.7 Å². The first-order valence-electron chi connectivity index (χ1n) is 6.62. The van der Waals surface area contributed by atoms with E-state index in [0.717, 1.165) is 19.5 Å². The van der Waals surface area contributed by atoms with Crippen LogP contribution in [0.3, 0.4) is 0 Å². The number of carbonyl (C=O) groups is 1. The van der Waals surface area contributed by atoms with Crippen molar-refractivity contribution in [3.8, 4) is 5.75 Å². The van der Waals surface area contributed by atoms with Crippen LogP contribution in [0.15, 0.2) is 24.3 Å². The van der Waals surface area contributed by atoms with Gasteiger partial charge in [0.15, 0.2) is 0 Å². The molecule has 4 nitrogen and oxygen atoms in total. The molecule has 0 bridgehead atoms. The highest BCUT2D eigenvalue weighted by Crippen LogP contribution is 2.16. The SMILES string of the molecule is CC1CNCCC1NC(=O)c1ccc(OC(F)F)cc1.Cl. The number of alkyl halides is 2. The van der Waals surface area contributed by atoms with Gasteiger partial charge in [-0.25, -0.2) is 0 Å². The molecule has 1 saturated heterocycles. The summed E-state index contributed by atoms with van der Waals surface area (Å²) in [6.07, 6.45) is 0.888. The number of rotatable bonds is 4. The molecule has 0 saturated carbocycles. The zero-order chi connectivity index (χ0) is 14.5. The fourth-order valence-electron chi connectivity index (χ4n) is 2.27. The van der Waals surface area contributed by atoms with Gasteiger partial charge in [-0.05, 0) is 49.7 Å². The zero-order valence-corrected chi connectivity index (χ0v) is 12.5. The van der Waals surface area contributed by atoms with Gasteiger partial charge in [0, 0.05) is 11.6 Å². The maximum atomic E-state index is 12.1. The van der Waals surface area contributed by atoms with Crippen molar-refractivity contribution in [3.63, 3.8) is 0 Å². The van der Waals surface area contributed by atoms with Crippen LogP contribution in [-0.4, -0.2) is 31.7 Å². The van der Waals surface area contributed by atoms with Crippen LogP contribution in [-0.2, 0) is 0 Å². The molecular weight excluding hydrogens is 302 g/mol. The third kappa shape index (κ3) is 5.13. The Morgan fingerprint density at radius 3 is 2.62 bits per heavy atom. The number of ether oxygens (including phenoxy) is 1. The first-order valence-corrected chi connectivity index (χ1v) is 6.62. The van der Waals surface area contributed by atoms with Gasteiger partial charge in [0.05, 0.1) is 0 Å². The molecule has 2 N–H and O–H groups in total. The summed E-state index contributed by atoms with van der Waals surface area (Å²) < 4.78 is 28.3. The minimum Gasteiger partial charge on any atom is -0.435 e. The molecule has 1 amide bonds. The van der Waals surface area contributed by atoms with Gasteiger partial charge in [-0.2, -0.15) is 8.78 Å². The normalized spacial score (nSPS) is 21.5. The third-order valence-corrected chi connectivity index (χ3v) is 3.44. The van der Waals surface area contributed by atoms with Crippen molar-refractivity contribution in [3.05, 3.63) is 29.8 Å². The van der Waals surface area contributed by atoms with Gasteiger partial charge in [-0.15, -0.1) is 12.4 Å². The van der Waals surface area contributed by atoms with Crippen LogP contribution in [0, 0.1) is 5.92 Å². The largest absolute Gasteiger partial charge is 0.435 e. The lowest BCUT2D eigenvalue weighted by atomic mass is 9.95. The minimum atomic E-state index is -2.86. The van der Waals surface area contributed by atoms with E-state index in [9.17, 15) is 13.6 Å². The Kier molecular flexibility index (Phi) is 6.84. The summed E-state index contributed by atoms with van der Waals surface area (Å²) in [6, 6.07) is 5.85. The predicted molar refractivity (Wildman–Crippen MR) is 78.2 cm³/mol. The molecule has 2 rings (SSSR count). The second kappa shape index (κ2) is 8.14. The number of amides is 1. The van der Waals surface area contributed by atoms with Crippen LogP contribution in [0.25, 0.3) is 0 Å². The average Bonchev–Trinajstić information content (AvgIpc) is 2.41. The summed E-state index contributed by atoms with van der Waals surface area (Å²) in [6.45, 7) is 0.990. The number of piperidine rings is 1. The lowest BCUT2D eigenvalue weighted by Gasteiger charge is -2.30. The van der Waals surface area contributed by atoms with Crippen molar-refractivity contribution in [2.24, 2.45) is 5.92 Å². The van der Waals surface area contributed by atoms with Gasteiger partial charge in [-0.3, -0.25) is 4.79 Å². The first-order chi connectivity index (χ1) is 9.56. The smallest absolute Gasteiger partial charge is 0.387 e. The lowest BCUT2D eigenvalue weighted by molar-refractivity contribution is -0.0498. The van der Waals surface area contributed by atoms with Crippen molar-refractivity contribution in [2.75, 3.05) is 13.1 Å². The molecule has 1 aliphatic heterocycles. The molecule has 7 heteroatoms. The number of carbonyl (C=O) groups excluding carboxylic acids is 1. The van der Waals surface area contributed by atoms with Gasteiger partial charge in [0.1, 0.15) is 5.75 Å². The van der Waals surface area contributed by atoms with E-state index >= 15 is 0 Å².